The molecular weight excluding hydrogens is 362 g/mol. The number of hydrogen-bond donors (Lipinski definition) is 1. The van der Waals surface area contributed by atoms with Gasteiger partial charge in [0.15, 0.2) is 5.78 Å². The first-order valence-corrected chi connectivity index (χ1v) is 10.5. The highest BCUT2D eigenvalue weighted by molar-refractivity contribution is 6.17. The van der Waals surface area contributed by atoms with Crippen molar-refractivity contribution >= 4 is 16.8 Å². The Morgan fingerprint density at radius 1 is 1.03 bits per heavy atom. The highest BCUT2D eigenvalue weighted by Gasteiger charge is 2.23. The first kappa shape index (κ1) is 21.1. The van der Waals surface area contributed by atoms with E-state index >= 15 is 0 Å². The molecule has 0 spiro atoms. The number of para-hydroxylation sites is 1. The second-order valence-corrected chi connectivity index (χ2v) is 8.15. The molecule has 3 aromatic rings. The Kier molecular flexibility index (Phi) is 7.10. The standard InChI is InChI=1S/C25H31NO3/c1-17(2)16-26-14-7-15-28-20-12-10-19(11-13-20)24(27)23-21-8-5-6-9-22(21)29-25(23)18(3)4/h5-6,8-13,17-18,26H,7,14-16H2,1-4H3. The molecule has 1 heterocycles. The van der Waals surface area contributed by atoms with Gasteiger partial charge in [-0.15, -0.1) is 0 Å². The maximum atomic E-state index is 13.2. The Labute approximate surface area is 173 Å². The number of ketones is 1. The van der Waals surface area contributed by atoms with E-state index in [1.54, 1.807) is 0 Å². The molecule has 3 rings (SSSR count). The Hall–Kier alpha value is -2.59. The highest BCUT2D eigenvalue weighted by atomic mass is 16.5. The number of ether oxygens (including phenoxy) is 1. The number of carbonyl (C=O) groups excluding carboxylic acids is 1. The lowest BCUT2D eigenvalue weighted by atomic mass is 9.96. The van der Waals surface area contributed by atoms with Crippen LogP contribution >= 0.6 is 0 Å². The average molecular weight is 394 g/mol. The Morgan fingerprint density at radius 3 is 2.45 bits per heavy atom. The van der Waals surface area contributed by atoms with Gasteiger partial charge in [-0.3, -0.25) is 4.79 Å². The molecule has 4 nitrogen and oxygen atoms in total. The number of furan rings is 1. The maximum Gasteiger partial charge on any atom is 0.197 e. The molecule has 4 heteroatoms. The van der Waals surface area contributed by atoms with Gasteiger partial charge in [-0.1, -0.05) is 45.9 Å². The lowest BCUT2D eigenvalue weighted by molar-refractivity contribution is 0.103. The zero-order valence-electron chi connectivity index (χ0n) is 17.8. The fourth-order valence-corrected chi connectivity index (χ4v) is 3.33. The first-order valence-electron chi connectivity index (χ1n) is 10.5. The average Bonchev–Trinajstić information content (AvgIpc) is 3.10. The van der Waals surface area contributed by atoms with Crippen molar-refractivity contribution in [3.05, 3.63) is 65.4 Å². The number of nitrogens with one attached hydrogen (secondary N) is 1. The lowest BCUT2D eigenvalue weighted by Gasteiger charge is -2.09. The van der Waals surface area contributed by atoms with Gasteiger partial charge in [0.05, 0.1) is 12.2 Å². The highest BCUT2D eigenvalue weighted by Crippen LogP contribution is 2.32. The van der Waals surface area contributed by atoms with E-state index in [1.807, 2.05) is 62.4 Å². The predicted octanol–water partition coefficient (Wildman–Crippen LogP) is 5.80. The largest absolute Gasteiger partial charge is 0.494 e. The molecule has 0 aliphatic rings. The van der Waals surface area contributed by atoms with Crippen LogP contribution in [0.25, 0.3) is 11.0 Å². The minimum absolute atomic E-state index is 0.0110. The van der Waals surface area contributed by atoms with Gasteiger partial charge in [-0.05, 0) is 55.8 Å². The molecule has 0 saturated heterocycles. The topological polar surface area (TPSA) is 51.5 Å². The summed E-state index contributed by atoms with van der Waals surface area (Å²) in [5, 5.41) is 4.28. The molecule has 0 saturated carbocycles. The van der Waals surface area contributed by atoms with E-state index in [0.717, 1.165) is 42.0 Å². The van der Waals surface area contributed by atoms with E-state index in [9.17, 15) is 4.79 Å². The minimum Gasteiger partial charge on any atom is -0.494 e. The lowest BCUT2D eigenvalue weighted by Crippen LogP contribution is -2.22. The Bertz CT molecular complexity index is 938. The second-order valence-electron chi connectivity index (χ2n) is 8.15. The molecule has 0 radical (unpaired) electrons. The summed E-state index contributed by atoms with van der Waals surface area (Å²) in [5.41, 5.74) is 2.07. The number of rotatable bonds is 10. The van der Waals surface area contributed by atoms with Crippen LogP contribution in [0, 0.1) is 5.92 Å². The summed E-state index contributed by atoms with van der Waals surface area (Å²) in [7, 11) is 0. The molecule has 29 heavy (non-hydrogen) atoms. The molecule has 0 unspecified atom stereocenters. The third-order valence-corrected chi connectivity index (χ3v) is 4.81. The summed E-state index contributed by atoms with van der Waals surface area (Å²) in [5.74, 6) is 2.30. The van der Waals surface area contributed by atoms with Gasteiger partial charge >= 0.3 is 0 Å². The molecule has 0 aliphatic heterocycles. The summed E-state index contributed by atoms with van der Waals surface area (Å²) >= 11 is 0. The zero-order chi connectivity index (χ0) is 20.8. The van der Waals surface area contributed by atoms with E-state index < -0.39 is 0 Å². The monoisotopic (exact) mass is 393 g/mol. The van der Waals surface area contributed by atoms with Gasteiger partial charge in [0.2, 0.25) is 0 Å². The fraction of sp³-hybridized carbons (Fsp3) is 0.400. The van der Waals surface area contributed by atoms with Crippen LogP contribution in [-0.4, -0.2) is 25.5 Å². The van der Waals surface area contributed by atoms with Gasteiger partial charge in [0.25, 0.3) is 0 Å². The van der Waals surface area contributed by atoms with Crippen LogP contribution in [0.2, 0.25) is 0 Å². The summed E-state index contributed by atoms with van der Waals surface area (Å²) < 4.78 is 11.8. The van der Waals surface area contributed by atoms with Gasteiger partial charge in [-0.2, -0.15) is 0 Å². The van der Waals surface area contributed by atoms with Gasteiger partial charge in [0, 0.05) is 16.9 Å². The van der Waals surface area contributed by atoms with E-state index in [4.69, 9.17) is 9.15 Å². The summed E-state index contributed by atoms with van der Waals surface area (Å²) in [6.07, 6.45) is 0.951. The molecule has 0 atom stereocenters. The molecule has 0 bridgehead atoms. The SMILES string of the molecule is CC(C)CNCCCOc1ccc(C(=O)c2c(C(C)C)oc3ccccc23)cc1. The molecule has 1 N–H and O–H groups in total. The van der Waals surface area contributed by atoms with Crippen LogP contribution in [0.4, 0.5) is 0 Å². The fourth-order valence-electron chi connectivity index (χ4n) is 3.33. The Balaban J connectivity index is 1.67. The van der Waals surface area contributed by atoms with Gasteiger partial charge < -0.3 is 14.5 Å². The number of fused-ring (bicyclic) bond motifs is 1. The number of benzene rings is 2. The van der Waals surface area contributed by atoms with E-state index in [0.29, 0.717) is 23.7 Å². The van der Waals surface area contributed by atoms with Crippen molar-refractivity contribution in [2.75, 3.05) is 19.7 Å². The van der Waals surface area contributed by atoms with Gasteiger partial charge in [0.1, 0.15) is 17.1 Å². The van der Waals surface area contributed by atoms with Crippen molar-refractivity contribution in [2.45, 2.75) is 40.0 Å². The van der Waals surface area contributed by atoms with Gasteiger partial charge in [-0.25, -0.2) is 0 Å². The van der Waals surface area contributed by atoms with E-state index in [2.05, 4.69) is 19.2 Å². The second kappa shape index (κ2) is 9.75. The van der Waals surface area contributed by atoms with Crippen molar-refractivity contribution in [3.8, 4) is 5.75 Å². The predicted molar refractivity (Wildman–Crippen MR) is 118 cm³/mol. The zero-order valence-corrected chi connectivity index (χ0v) is 17.8. The van der Waals surface area contributed by atoms with Crippen molar-refractivity contribution in [1.82, 2.24) is 5.32 Å². The Morgan fingerprint density at radius 2 is 1.76 bits per heavy atom. The third-order valence-electron chi connectivity index (χ3n) is 4.81. The molecule has 1 aromatic heterocycles. The van der Waals surface area contributed by atoms with Crippen LogP contribution in [0.15, 0.2) is 52.9 Å². The summed E-state index contributed by atoms with van der Waals surface area (Å²) in [4.78, 5) is 13.2. The van der Waals surface area contributed by atoms with Crippen molar-refractivity contribution < 1.29 is 13.9 Å². The van der Waals surface area contributed by atoms with Crippen molar-refractivity contribution in [1.29, 1.82) is 0 Å². The van der Waals surface area contributed by atoms with E-state index in [-0.39, 0.29) is 11.7 Å². The quantitative estimate of drug-likeness (QED) is 0.349. The normalized spacial score (nSPS) is 11.5. The van der Waals surface area contributed by atoms with Crippen LogP contribution in [0.1, 0.15) is 61.7 Å². The van der Waals surface area contributed by atoms with Crippen LogP contribution in [0.5, 0.6) is 5.75 Å². The first-order chi connectivity index (χ1) is 14.0. The van der Waals surface area contributed by atoms with Crippen LogP contribution in [-0.2, 0) is 0 Å². The summed E-state index contributed by atoms with van der Waals surface area (Å²) in [6, 6.07) is 15.1. The molecule has 154 valence electrons. The molecule has 0 fully saturated rings. The van der Waals surface area contributed by atoms with Crippen LogP contribution in [0.3, 0.4) is 0 Å². The minimum atomic E-state index is -0.0110. The number of hydrogen-bond acceptors (Lipinski definition) is 4. The maximum absolute atomic E-state index is 13.2. The number of carbonyl (C=O) groups is 1. The van der Waals surface area contributed by atoms with Crippen molar-refractivity contribution in [3.63, 3.8) is 0 Å². The summed E-state index contributed by atoms with van der Waals surface area (Å²) in [6.45, 7) is 11.1. The van der Waals surface area contributed by atoms with Crippen LogP contribution < -0.4 is 10.1 Å². The molecule has 0 amide bonds. The third kappa shape index (κ3) is 5.27. The molecular formula is C25H31NO3. The molecule has 0 aliphatic carbocycles. The molecule has 2 aromatic carbocycles. The smallest absolute Gasteiger partial charge is 0.197 e. The van der Waals surface area contributed by atoms with E-state index in [1.165, 1.54) is 0 Å². The van der Waals surface area contributed by atoms with Crippen molar-refractivity contribution in [2.24, 2.45) is 5.92 Å².